The second kappa shape index (κ2) is 6.54. The Labute approximate surface area is 125 Å². The number of carbonyl (C=O) groups is 1. The number of carboxylic acids is 1. The summed E-state index contributed by atoms with van der Waals surface area (Å²) in [6.07, 6.45) is 0. The van der Waals surface area contributed by atoms with Gasteiger partial charge in [0.1, 0.15) is 5.41 Å². The third-order valence-electron chi connectivity index (χ3n) is 3.35. The van der Waals surface area contributed by atoms with Gasteiger partial charge in [0.25, 0.3) is 0 Å². The Morgan fingerprint density at radius 1 is 1.50 bits per heavy atom. The molecule has 2 N–H and O–H groups in total. The van der Waals surface area contributed by atoms with Gasteiger partial charge in [-0.3, -0.25) is 4.79 Å². The summed E-state index contributed by atoms with van der Waals surface area (Å²) in [5.41, 5.74) is -0.351. The van der Waals surface area contributed by atoms with Crippen molar-refractivity contribution >= 4 is 22.4 Å². The summed E-state index contributed by atoms with van der Waals surface area (Å²) in [6, 6.07) is 0.289. The number of aliphatic carboxylic acids is 1. The van der Waals surface area contributed by atoms with Crippen LogP contribution in [0.15, 0.2) is 5.38 Å². The topological polar surface area (TPSA) is 65.5 Å². The van der Waals surface area contributed by atoms with E-state index in [1.807, 2.05) is 19.5 Å². The number of thiazole rings is 1. The third-order valence-corrected chi connectivity index (χ3v) is 4.13. The first-order chi connectivity index (χ1) is 9.14. The maximum absolute atomic E-state index is 11.2. The van der Waals surface area contributed by atoms with Crippen molar-refractivity contribution in [2.75, 3.05) is 26.0 Å². The number of likely N-dealkylation sites (N-methyl/N-ethyl adjacent to an activating group) is 1. The number of carboxylic acid groups (broad SMARTS) is 1. The Morgan fingerprint density at radius 3 is 2.55 bits per heavy atom. The molecule has 0 aliphatic rings. The lowest BCUT2D eigenvalue weighted by atomic mass is 9.90. The highest BCUT2D eigenvalue weighted by Crippen LogP contribution is 2.28. The second-order valence-corrected chi connectivity index (χ2v) is 7.08. The van der Waals surface area contributed by atoms with Crippen LogP contribution in [0.4, 0.5) is 5.13 Å². The van der Waals surface area contributed by atoms with Crippen LogP contribution in [-0.4, -0.2) is 47.6 Å². The average molecular weight is 299 g/mol. The van der Waals surface area contributed by atoms with Gasteiger partial charge in [-0.15, -0.1) is 11.3 Å². The Balaban J connectivity index is 2.84. The average Bonchev–Trinajstić information content (AvgIpc) is 2.76. The molecule has 0 fully saturated rings. The van der Waals surface area contributed by atoms with E-state index in [1.54, 1.807) is 13.8 Å². The van der Waals surface area contributed by atoms with Crippen molar-refractivity contribution in [1.29, 1.82) is 0 Å². The third kappa shape index (κ3) is 4.18. The van der Waals surface area contributed by atoms with Crippen LogP contribution in [0.25, 0.3) is 0 Å². The zero-order valence-electron chi connectivity index (χ0n) is 13.1. The standard InChI is InChI=1S/C14H25N3O2S/c1-9(2)10(7-17(5)6)15-13-16-11(8-20-13)14(3,4)12(18)19/h8-10H,7H2,1-6H3,(H,15,16)(H,18,19). The molecule has 1 unspecified atom stereocenters. The summed E-state index contributed by atoms with van der Waals surface area (Å²) in [5.74, 6) is -0.389. The van der Waals surface area contributed by atoms with Crippen molar-refractivity contribution in [1.82, 2.24) is 9.88 Å². The largest absolute Gasteiger partial charge is 0.481 e. The lowest BCUT2D eigenvalue weighted by Gasteiger charge is -2.25. The van der Waals surface area contributed by atoms with E-state index < -0.39 is 11.4 Å². The summed E-state index contributed by atoms with van der Waals surface area (Å²) in [5, 5.41) is 15.3. The number of hydrogen-bond donors (Lipinski definition) is 2. The highest BCUT2D eigenvalue weighted by molar-refractivity contribution is 7.13. The molecule has 0 aliphatic heterocycles. The van der Waals surface area contributed by atoms with Crippen LogP contribution < -0.4 is 5.32 Å². The van der Waals surface area contributed by atoms with Crippen molar-refractivity contribution in [2.45, 2.75) is 39.2 Å². The van der Waals surface area contributed by atoms with Gasteiger partial charge < -0.3 is 15.3 Å². The summed E-state index contributed by atoms with van der Waals surface area (Å²) >= 11 is 1.46. The minimum absolute atomic E-state index is 0.289. The van der Waals surface area contributed by atoms with E-state index >= 15 is 0 Å². The second-order valence-electron chi connectivity index (χ2n) is 6.23. The number of nitrogens with one attached hydrogen (secondary N) is 1. The van der Waals surface area contributed by atoms with E-state index in [9.17, 15) is 9.90 Å². The molecule has 0 amide bonds. The van der Waals surface area contributed by atoms with Crippen LogP contribution in [0, 0.1) is 5.92 Å². The fourth-order valence-corrected chi connectivity index (χ4v) is 2.65. The zero-order chi connectivity index (χ0) is 15.5. The molecule has 0 saturated heterocycles. The Kier molecular flexibility index (Phi) is 5.53. The van der Waals surface area contributed by atoms with Crippen molar-refractivity contribution in [3.63, 3.8) is 0 Å². The molecule has 1 heterocycles. The van der Waals surface area contributed by atoms with E-state index in [0.29, 0.717) is 11.6 Å². The predicted octanol–water partition coefficient (Wildman–Crippen LogP) is 2.50. The van der Waals surface area contributed by atoms with Crippen LogP contribution in [0.5, 0.6) is 0 Å². The van der Waals surface area contributed by atoms with Gasteiger partial charge in [-0.1, -0.05) is 13.8 Å². The molecule has 0 spiro atoms. The van der Waals surface area contributed by atoms with Gasteiger partial charge >= 0.3 is 5.97 Å². The molecule has 5 nitrogen and oxygen atoms in total. The molecule has 1 atom stereocenters. The molecule has 114 valence electrons. The molecule has 0 radical (unpaired) electrons. The molecule has 20 heavy (non-hydrogen) atoms. The number of nitrogens with zero attached hydrogens (tertiary/aromatic N) is 2. The molecule has 1 aromatic rings. The maximum Gasteiger partial charge on any atom is 0.315 e. The van der Waals surface area contributed by atoms with Crippen LogP contribution >= 0.6 is 11.3 Å². The van der Waals surface area contributed by atoms with Crippen molar-refractivity contribution in [2.24, 2.45) is 5.92 Å². The fraction of sp³-hybridized carbons (Fsp3) is 0.714. The Bertz CT molecular complexity index is 455. The van der Waals surface area contributed by atoms with Crippen molar-refractivity contribution < 1.29 is 9.90 Å². The van der Waals surface area contributed by atoms with Gasteiger partial charge in [-0.05, 0) is 33.9 Å². The molecule has 6 heteroatoms. The Hall–Kier alpha value is -1.14. The SMILES string of the molecule is CC(C)C(CN(C)C)Nc1nc(C(C)(C)C(=O)O)cs1. The first-order valence-corrected chi connectivity index (χ1v) is 7.63. The normalized spacial score (nSPS) is 13.8. The number of anilines is 1. The molecular weight excluding hydrogens is 274 g/mol. The van der Waals surface area contributed by atoms with Gasteiger partial charge in [-0.25, -0.2) is 4.98 Å². The first-order valence-electron chi connectivity index (χ1n) is 6.75. The quantitative estimate of drug-likeness (QED) is 0.810. The summed E-state index contributed by atoms with van der Waals surface area (Å²) in [6.45, 7) is 8.59. The van der Waals surface area contributed by atoms with E-state index in [1.165, 1.54) is 11.3 Å². The molecule has 0 saturated carbocycles. The molecular formula is C14H25N3O2S. The van der Waals surface area contributed by atoms with Gasteiger partial charge in [0.2, 0.25) is 0 Å². The van der Waals surface area contributed by atoms with Crippen LogP contribution in [-0.2, 0) is 10.2 Å². The molecule has 0 aliphatic carbocycles. The minimum Gasteiger partial charge on any atom is -0.481 e. The summed E-state index contributed by atoms with van der Waals surface area (Å²) < 4.78 is 0. The van der Waals surface area contributed by atoms with Crippen molar-refractivity contribution in [3.8, 4) is 0 Å². The van der Waals surface area contributed by atoms with E-state index in [4.69, 9.17) is 0 Å². The van der Waals surface area contributed by atoms with Gasteiger partial charge in [0, 0.05) is 18.0 Å². The first kappa shape index (κ1) is 16.9. The van der Waals surface area contributed by atoms with Gasteiger partial charge in [-0.2, -0.15) is 0 Å². The molecule has 0 aromatic carbocycles. The number of aromatic nitrogens is 1. The monoisotopic (exact) mass is 299 g/mol. The summed E-state index contributed by atoms with van der Waals surface area (Å²) in [7, 11) is 4.08. The smallest absolute Gasteiger partial charge is 0.315 e. The molecule has 0 bridgehead atoms. The van der Waals surface area contributed by atoms with E-state index in [0.717, 1.165) is 11.7 Å². The van der Waals surface area contributed by atoms with Crippen LogP contribution in [0.1, 0.15) is 33.4 Å². The van der Waals surface area contributed by atoms with E-state index in [2.05, 4.69) is 29.0 Å². The molecule has 1 rings (SSSR count). The predicted molar refractivity (Wildman–Crippen MR) is 83.6 cm³/mol. The molecule has 1 aromatic heterocycles. The highest BCUT2D eigenvalue weighted by atomic mass is 32.1. The zero-order valence-corrected chi connectivity index (χ0v) is 13.9. The minimum atomic E-state index is -0.953. The maximum atomic E-state index is 11.2. The van der Waals surface area contributed by atoms with Crippen LogP contribution in [0.3, 0.4) is 0 Å². The lowest BCUT2D eigenvalue weighted by Crippen LogP contribution is -2.36. The van der Waals surface area contributed by atoms with Crippen LogP contribution in [0.2, 0.25) is 0 Å². The highest BCUT2D eigenvalue weighted by Gasteiger charge is 2.32. The number of rotatable bonds is 7. The van der Waals surface area contributed by atoms with Crippen molar-refractivity contribution in [3.05, 3.63) is 11.1 Å². The summed E-state index contributed by atoms with van der Waals surface area (Å²) in [4.78, 5) is 17.8. The lowest BCUT2D eigenvalue weighted by molar-refractivity contribution is -0.142. The van der Waals surface area contributed by atoms with E-state index in [-0.39, 0.29) is 6.04 Å². The van der Waals surface area contributed by atoms with Gasteiger partial charge in [0.05, 0.1) is 5.69 Å². The van der Waals surface area contributed by atoms with Gasteiger partial charge in [0.15, 0.2) is 5.13 Å². The number of hydrogen-bond acceptors (Lipinski definition) is 5. The fourth-order valence-electron chi connectivity index (χ4n) is 1.71. The Morgan fingerprint density at radius 2 is 2.10 bits per heavy atom.